The van der Waals surface area contributed by atoms with Gasteiger partial charge in [0.1, 0.15) is 15.5 Å². The van der Waals surface area contributed by atoms with Crippen molar-refractivity contribution in [2.75, 3.05) is 0 Å². The third-order valence-electron chi connectivity index (χ3n) is 2.50. The van der Waals surface area contributed by atoms with Crippen LogP contribution in [0.15, 0.2) is 20.9 Å². The lowest BCUT2D eigenvalue weighted by Crippen LogP contribution is -2.25. The van der Waals surface area contributed by atoms with Gasteiger partial charge >= 0.3 is 5.97 Å². The van der Waals surface area contributed by atoms with E-state index in [9.17, 15) is 13.2 Å². The van der Waals surface area contributed by atoms with Crippen molar-refractivity contribution in [3.05, 3.63) is 33.3 Å². The monoisotopic (exact) mass is 316 g/mol. The van der Waals surface area contributed by atoms with Gasteiger partial charge in [0.05, 0.1) is 12.2 Å². The van der Waals surface area contributed by atoms with Crippen LogP contribution in [0, 0.1) is 13.8 Å². The summed E-state index contributed by atoms with van der Waals surface area (Å²) in [7, 11) is -3.91. The van der Waals surface area contributed by atoms with Crippen molar-refractivity contribution >= 4 is 27.3 Å². The Labute approximate surface area is 119 Å². The van der Waals surface area contributed by atoms with Gasteiger partial charge in [0, 0.05) is 6.07 Å². The number of carbonyl (C=O) groups is 1. The third kappa shape index (κ3) is 2.89. The van der Waals surface area contributed by atoms with Gasteiger partial charge in [-0.3, -0.25) is 0 Å². The molecule has 0 unspecified atom stereocenters. The van der Waals surface area contributed by atoms with Gasteiger partial charge < -0.3 is 9.63 Å². The Morgan fingerprint density at radius 1 is 1.50 bits per heavy atom. The average Bonchev–Trinajstić information content (AvgIpc) is 2.93. The van der Waals surface area contributed by atoms with E-state index in [1.165, 1.54) is 5.38 Å². The Balaban J connectivity index is 2.27. The molecule has 0 amide bonds. The van der Waals surface area contributed by atoms with E-state index >= 15 is 0 Å². The number of hydrogen-bond donors (Lipinski definition) is 2. The maximum atomic E-state index is 12.2. The Hall–Kier alpha value is -1.71. The molecular weight excluding hydrogens is 304 g/mol. The topological polar surface area (TPSA) is 110 Å². The fourth-order valence-electron chi connectivity index (χ4n) is 1.66. The van der Waals surface area contributed by atoms with Crippen LogP contribution in [0.5, 0.6) is 0 Å². The van der Waals surface area contributed by atoms with Crippen LogP contribution in [-0.4, -0.2) is 24.7 Å². The van der Waals surface area contributed by atoms with Crippen LogP contribution in [0.25, 0.3) is 0 Å². The maximum absolute atomic E-state index is 12.2. The molecule has 2 heterocycles. The number of nitrogens with zero attached hydrogens (tertiary/aromatic N) is 1. The van der Waals surface area contributed by atoms with Gasteiger partial charge in [-0.05, 0) is 24.8 Å². The zero-order chi connectivity index (χ0) is 14.9. The lowest BCUT2D eigenvalue weighted by atomic mass is 10.3. The van der Waals surface area contributed by atoms with E-state index in [1.54, 1.807) is 19.9 Å². The number of carboxylic acids is 1. The minimum Gasteiger partial charge on any atom is -0.477 e. The fraction of sp³-hybridized carbons (Fsp3) is 0.273. The van der Waals surface area contributed by atoms with E-state index in [0.717, 1.165) is 11.3 Å². The minimum atomic E-state index is -3.91. The van der Waals surface area contributed by atoms with Crippen LogP contribution >= 0.6 is 11.3 Å². The summed E-state index contributed by atoms with van der Waals surface area (Å²) in [5.41, 5.74) is 0.826. The van der Waals surface area contributed by atoms with Crippen molar-refractivity contribution in [2.45, 2.75) is 25.3 Å². The van der Waals surface area contributed by atoms with Gasteiger partial charge in [-0.2, -0.15) is 0 Å². The number of nitrogens with one attached hydrogen (secondary N) is 1. The van der Waals surface area contributed by atoms with Crippen molar-refractivity contribution in [1.29, 1.82) is 0 Å². The molecule has 0 radical (unpaired) electrons. The molecule has 0 atom stereocenters. The number of sulfonamides is 1. The van der Waals surface area contributed by atoms with E-state index in [-0.39, 0.29) is 16.3 Å². The van der Waals surface area contributed by atoms with Crippen molar-refractivity contribution < 1.29 is 22.8 Å². The molecule has 2 rings (SSSR count). The molecule has 0 saturated heterocycles. The molecule has 0 aliphatic carbocycles. The van der Waals surface area contributed by atoms with Crippen molar-refractivity contribution in [1.82, 2.24) is 9.88 Å². The second-order valence-corrected chi connectivity index (χ2v) is 6.72. The first kappa shape index (κ1) is 14.7. The van der Waals surface area contributed by atoms with Gasteiger partial charge in [0.2, 0.25) is 10.0 Å². The number of thiophene rings is 1. The normalized spacial score (nSPS) is 11.7. The SMILES string of the molecule is Cc1cc(CNS(=O)(=O)c2c(C)csc2C(=O)O)no1. The molecule has 0 saturated carbocycles. The second kappa shape index (κ2) is 5.35. The van der Waals surface area contributed by atoms with Crippen LogP contribution in [-0.2, 0) is 16.6 Å². The molecule has 2 N–H and O–H groups in total. The average molecular weight is 316 g/mol. The number of rotatable bonds is 5. The van der Waals surface area contributed by atoms with E-state index in [4.69, 9.17) is 9.63 Å². The molecule has 0 bridgehead atoms. The van der Waals surface area contributed by atoms with E-state index in [2.05, 4.69) is 9.88 Å². The van der Waals surface area contributed by atoms with E-state index < -0.39 is 16.0 Å². The van der Waals surface area contributed by atoms with Crippen molar-refractivity contribution in [3.8, 4) is 0 Å². The Bertz CT molecular complexity index is 745. The number of aromatic nitrogens is 1. The number of aromatic carboxylic acids is 1. The van der Waals surface area contributed by atoms with Gasteiger partial charge in [-0.1, -0.05) is 5.16 Å². The molecule has 0 aromatic carbocycles. The van der Waals surface area contributed by atoms with Crippen LogP contribution < -0.4 is 4.72 Å². The quantitative estimate of drug-likeness (QED) is 0.865. The highest BCUT2D eigenvalue weighted by molar-refractivity contribution is 7.89. The maximum Gasteiger partial charge on any atom is 0.347 e. The van der Waals surface area contributed by atoms with Crippen LogP contribution in [0.3, 0.4) is 0 Å². The molecule has 20 heavy (non-hydrogen) atoms. The Morgan fingerprint density at radius 3 is 2.75 bits per heavy atom. The van der Waals surface area contributed by atoms with Gasteiger partial charge in [0.15, 0.2) is 0 Å². The van der Waals surface area contributed by atoms with Crippen LogP contribution in [0.1, 0.15) is 26.7 Å². The van der Waals surface area contributed by atoms with E-state index in [1.807, 2.05) is 0 Å². The summed E-state index contributed by atoms with van der Waals surface area (Å²) in [6.07, 6.45) is 0. The fourth-order valence-corrected chi connectivity index (χ4v) is 4.28. The summed E-state index contributed by atoms with van der Waals surface area (Å²) >= 11 is 0.884. The third-order valence-corrected chi connectivity index (χ3v) is 5.30. The first-order valence-corrected chi connectivity index (χ1v) is 7.91. The van der Waals surface area contributed by atoms with Crippen molar-refractivity contribution in [3.63, 3.8) is 0 Å². The highest BCUT2D eigenvalue weighted by Gasteiger charge is 2.26. The molecule has 0 fully saturated rings. The molecule has 0 aliphatic rings. The standard InChI is InChI=1S/C11H12N2O5S2/c1-6-5-19-9(11(14)15)10(6)20(16,17)12-4-8-3-7(2)18-13-8/h3,5,12H,4H2,1-2H3,(H,14,15). The van der Waals surface area contributed by atoms with Gasteiger partial charge in [0.25, 0.3) is 0 Å². The Morgan fingerprint density at radius 2 is 2.20 bits per heavy atom. The minimum absolute atomic E-state index is 0.0615. The molecule has 0 aliphatic heterocycles. The van der Waals surface area contributed by atoms with Gasteiger partial charge in [-0.15, -0.1) is 11.3 Å². The molecule has 0 spiro atoms. The summed E-state index contributed by atoms with van der Waals surface area (Å²) in [6, 6.07) is 1.60. The summed E-state index contributed by atoms with van der Waals surface area (Å²) in [5.74, 6) is -0.696. The Kier molecular flexibility index (Phi) is 3.93. The highest BCUT2D eigenvalue weighted by Crippen LogP contribution is 2.26. The molecule has 7 nitrogen and oxygen atoms in total. The summed E-state index contributed by atoms with van der Waals surface area (Å²) in [6.45, 7) is 3.18. The molecule has 108 valence electrons. The molecular formula is C11H12N2O5S2. The smallest absolute Gasteiger partial charge is 0.347 e. The van der Waals surface area contributed by atoms with Gasteiger partial charge in [-0.25, -0.2) is 17.9 Å². The number of hydrogen-bond acceptors (Lipinski definition) is 6. The predicted molar refractivity (Wildman–Crippen MR) is 71.3 cm³/mol. The first-order chi connectivity index (χ1) is 9.31. The second-order valence-electron chi connectivity index (χ2n) is 4.14. The largest absolute Gasteiger partial charge is 0.477 e. The summed E-state index contributed by atoms with van der Waals surface area (Å²) < 4.78 is 31.5. The zero-order valence-electron chi connectivity index (χ0n) is 10.7. The van der Waals surface area contributed by atoms with Crippen LogP contribution in [0.4, 0.5) is 0 Å². The lowest BCUT2D eigenvalue weighted by molar-refractivity contribution is 0.0698. The van der Waals surface area contributed by atoms with Crippen molar-refractivity contribution in [2.24, 2.45) is 0 Å². The predicted octanol–water partition coefficient (Wildman–Crippen LogP) is 1.53. The van der Waals surface area contributed by atoms with E-state index in [0.29, 0.717) is 17.0 Å². The van der Waals surface area contributed by atoms with Crippen LogP contribution in [0.2, 0.25) is 0 Å². The summed E-state index contributed by atoms with van der Waals surface area (Å²) in [5, 5.41) is 14.2. The molecule has 2 aromatic heterocycles. The lowest BCUT2D eigenvalue weighted by Gasteiger charge is -2.06. The zero-order valence-corrected chi connectivity index (χ0v) is 12.3. The molecule has 9 heteroatoms. The molecule has 2 aromatic rings. The number of carboxylic acid groups (broad SMARTS) is 1. The number of aryl methyl sites for hydroxylation is 2. The first-order valence-electron chi connectivity index (χ1n) is 5.54. The summed E-state index contributed by atoms with van der Waals surface area (Å²) in [4.78, 5) is 10.6. The highest BCUT2D eigenvalue weighted by atomic mass is 32.2.